The van der Waals surface area contributed by atoms with Gasteiger partial charge in [0.1, 0.15) is 146 Å². The van der Waals surface area contributed by atoms with Crippen LogP contribution in [0.5, 0.6) is 0 Å². The molecule has 19 N–H and O–H groups in total. The van der Waals surface area contributed by atoms with E-state index in [9.17, 15) is 102 Å². The largest absolute Gasteiger partial charge is 0.432 e. The molecule has 42 atom stereocenters. The zero-order valence-electron chi connectivity index (χ0n) is 68.3. The number of esters is 1. The van der Waals surface area contributed by atoms with Gasteiger partial charge in [0.15, 0.2) is 43.8 Å². The Morgan fingerprint density at radius 3 is 1.65 bits per heavy atom. The fourth-order valence-electron chi connectivity index (χ4n) is 21.9. The van der Waals surface area contributed by atoms with Crippen LogP contribution >= 0.6 is 0 Å². The molecule has 7 aliphatic heterocycles. The van der Waals surface area contributed by atoms with Crippen LogP contribution < -0.4 is 5.32 Å². The van der Waals surface area contributed by atoms with E-state index in [1.54, 1.807) is 6.92 Å². The molecule has 0 aromatic heterocycles. The van der Waals surface area contributed by atoms with Crippen LogP contribution in [0, 0.1) is 56.9 Å². The number of carbonyl (C=O) groups is 3. The molecule has 671 valence electrons. The van der Waals surface area contributed by atoms with Crippen LogP contribution in [0.1, 0.15) is 184 Å². The minimum absolute atomic E-state index is 0.00851. The lowest BCUT2D eigenvalue weighted by Crippen LogP contribution is -2.71. The Hall–Kier alpha value is -2.89. The molecule has 0 bridgehead atoms. The van der Waals surface area contributed by atoms with Gasteiger partial charge in [-0.2, -0.15) is 0 Å². The highest BCUT2D eigenvalue weighted by Crippen LogP contribution is 2.76. The van der Waals surface area contributed by atoms with Crippen molar-refractivity contribution in [3.63, 3.8) is 0 Å². The lowest BCUT2D eigenvalue weighted by molar-refractivity contribution is -0.384. The Balaban J connectivity index is 0.846. The number of allylic oxidation sites excluding steroid dienone is 2. The summed E-state index contributed by atoms with van der Waals surface area (Å²) in [5.74, 6) is -2.90. The number of ether oxygens (including phenoxy) is 14. The maximum atomic E-state index is 16.5. The first-order valence-corrected chi connectivity index (χ1v) is 42.3. The smallest absolute Gasteiger partial charge is 0.317 e. The van der Waals surface area contributed by atoms with Gasteiger partial charge in [0.25, 0.3) is 0 Å². The first-order valence-electron chi connectivity index (χ1n) is 42.3. The lowest BCUT2D eigenvalue weighted by atomic mass is 9.33. The van der Waals surface area contributed by atoms with Crippen LogP contribution in [-0.4, -0.2) is 345 Å². The van der Waals surface area contributed by atoms with E-state index < -0.39 is 291 Å². The number of unbranched alkanes of at least 4 members (excludes halogenated alkanes) is 8. The highest BCUT2D eigenvalue weighted by Gasteiger charge is 2.73. The summed E-state index contributed by atoms with van der Waals surface area (Å²) in [7, 11) is 0. The van der Waals surface area contributed by atoms with Gasteiger partial charge in [-0.05, 0) is 117 Å². The third kappa shape index (κ3) is 17.9. The fourth-order valence-corrected chi connectivity index (χ4v) is 21.9. The van der Waals surface area contributed by atoms with Gasteiger partial charge in [0, 0.05) is 6.42 Å². The van der Waals surface area contributed by atoms with Crippen molar-refractivity contribution < 1.29 is 173 Å². The van der Waals surface area contributed by atoms with Gasteiger partial charge in [-0.25, -0.2) is 0 Å². The van der Waals surface area contributed by atoms with E-state index in [1.807, 2.05) is 0 Å². The van der Waals surface area contributed by atoms with Crippen molar-refractivity contribution in [2.45, 2.75) is 393 Å². The molecule has 7 saturated heterocycles. The topological polar surface area (TPSA) is 557 Å². The summed E-state index contributed by atoms with van der Waals surface area (Å²) >= 11 is 0. The van der Waals surface area contributed by atoms with Crippen LogP contribution in [0.25, 0.3) is 0 Å². The van der Waals surface area contributed by atoms with Gasteiger partial charge < -0.3 is 168 Å². The zero-order chi connectivity index (χ0) is 85.1. The maximum absolute atomic E-state index is 16.5. The van der Waals surface area contributed by atoms with Gasteiger partial charge in [-0.1, -0.05) is 111 Å². The van der Waals surface area contributed by atoms with Crippen molar-refractivity contribution in [2.75, 3.05) is 26.4 Å². The van der Waals surface area contributed by atoms with E-state index in [2.05, 4.69) is 52.9 Å². The summed E-state index contributed by atoms with van der Waals surface area (Å²) in [6.07, 6.45) is -42.3. The second-order valence-corrected chi connectivity index (χ2v) is 37.1. The molecule has 1 radical (unpaired) electrons. The zero-order valence-corrected chi connectivity index (χ0v) is 68.3. The Bertz CT molecular complexity index is 3310. The average molecular weight is 1680 g/mol. The number of carbonyl (C=O) groups excluding carboxylic acids is 3. The van der Waals surface area contributed by atoms with E-state index in [0.717, 1.165) is 63.4 Å². The number of aliphatic hydroxyl groups is 18. The summed E-state index contributed by atoms with van der Waals surface area (Å²) < 4.78 is 87.3. The fraction of sp³-hybridized carbons (Fsp3) is 0.926. The Morgan fingerprint density at radius 2 is 1.04 bits per heavy atom. The van der Waals surface area contributed by atoms with Crippen LogP contribution in [0.2, 0.25) is 0 Å². The molecule has 0 aromatic rings. The highest BCUT2D eigenvalue weighted by atomic mass is 16.8. The quantitative estimate of drug-likeness (QED) is 0.0130. The molecule has 0 aromatic carbocycles. The molecule has 12 aliphatic rings. The molecule has 7 heterocycles. The van der Waals surface area contributed by atoms with Crippen molar-refractivity contribution in [3.8, 4) is 0 Å². The second-order valence-electron chi connectivity index (χ2n) is 37.1. The van der Waals surface area contributed by atoms with Gasteiger partial charge in [0.05, 0.1) is 62.3 Å². The number of aldehydes is 1. The van der Waals surface area contributed by atoms with E-state index in [4.69, 9.17) is 66.3 Å². The number of aliphatic hydroxyl groups excluding tert-OH is 18. The number of rotatable bonds is 28. The van der Waals surface area contributed by atoms with Crippen LogP contribution in [0.15, 0.2) is 11.6 Å². The molecule has 11 fully saturated rings. The van der Waals surface area contributed by atoms with Crippen molar-refractivity contribution in [1.29, 1.82) is 0 Å². The minimum Gasteiger partial charge on any atom is -0.432 e. The molecule has 36 nitrogen and oxygen atoms in total. The van der Waals surface area contributed by atoms with E-state index in [1.165, 1.54) is 13.8 Å². The molecule has 4 saturated carbocycles. The summed E-state index contributed by atoms with van der Waals surface area (Å²) in [5.41, 5.74) is -4.89. The predicted molar refractivity (Wildman–Crippen MR) is 399 cm³/mol. The first kappa shape index (κ1) is 93.3. The van der Waals surface area contributed by atoms with Crippen LogP contribution in [-0.2, 0) is 80.7 Å². The van der Waals surface area contributed by atoms with Crippen LogP contribution in [0.3, 0.4) is 0 Å². The number of amides is 1. The normalized spacial score (nSPS) is 50.6. The molecule has 117 heavy (non-hydrogen) atoms. The van der Waals surface area contributed by atoms with Gasteiger partial charge in [-0.15, -0.1) is 0 Å². The van der Waals surface area contributed by atoms with E-state index >= 15 is 4.79 Å². The molecule has 15 unspecified atom stereocenters. The number of nitrogens with one attached hydrogen (secondary N) is 1. The summed E-state index contributed by atoms with van der Waals surface area (Å²) in [6.45, 7) is 15.6. The summed E-state index contributed by atoms with van der Waals surface area (Å²) in [5, 5.41) is 204. The van der Waals surface area contributed by atoms with Crippen molar-refractivity contribution in [2.24, 2.45) is 50.2 Å². The van der Waals surface area contributed by atoms with Crippen LogP contribution in [0.4, 0.5) is 0 Å². The average Bonchev–Trinajstić information content (AvgIpc) is 0.669. The molecular weight excluding hydrogens is 1550 g/mol. The third-order valence-electron chi connectivity index (χ3n) is 29.2. The second kappa shape index (κ2) is 37.7. The molecule has 0 spiro atoms. The maximum Gasteiger partial charge on any atom is 0.317 e. The molecule has 12 rings (SSSR count). The number of hydrogen-bond acceptors (Lipinski definition) is 35. The summed E-state index contributed by atoms with van der Waals surface area (Å²) in [4.78, 5) is 45.3. The number of hydrogen-bond donors (Lipinski definition) is 19. The van der Waals surface area contributed by atoms with E-state index in [0.29, 0.717) is 51.4 Å². The van der Waals surface area contributed by atoms with Gasteiger partial charge in [0.2, 0.25) is 12.2 Å². The third-order valence-corrected chi connectivity index (χ3v) is 29.2. The first-order chi connectivity index (χ1) is 55.3. The molecule has 1 amide bonds. The highest BCUT2D eigenvalue weighted by molar-refractivity contribution is 5.80. The minimum atomic E-state index is -2.11. The Kier molecular flexibility index (Phi) is 30.1. The Labute approximate surface area is 681 Å². The Morgan fingerprint density at radius 1 is 0.513 bits per heavy atom. The van der Waals surface area contributed by atoms with Crippen molar-refractivity contribution in [1.82, 2.24) is 5.32 Å². The van der Waals surface area contributed by atoms with Crippen molar-refractivity contribution >= 4 is 18.2 Å². The standard InChI is InChI=1S/C81H132NO35/c1-10-11-12-13-14-15-16-17-18-19-49(90)82-50-43(30-83)109-74(67(65(50)114-70-60(100)55(95)51(91)36(2)107-70)116-71-62(102)57(97)63(37(3)108-71)112-68-58(98)52(92)40(86)32-104-68)117-75(103)81-27-26-76(4,5)28-39(81)38-20-21-46-77(6)24-23-48(78(7,35-85)45(77)22-25-79(46,8)80(38,9)29-47(81)89)111-73-66(115-72-61(101)56(96)54(94)44(31-84)110-72)64(42(88)34-106-73)113-69-59(99)53(93)41(87)33-105-69/h20,34-37,39-48,50-74,83-84,86-89,91-102H,10-19,21-33H2,1-9H3,(H,82,90)/t36?,37?,39?,40-,41+,42+,43?,44?,45-,46?,47?,48+,50-,51+,52?,53+,54+,55-,56+,57?,58-,59?,60?,61?,62+,63-,64+,65?,66?,67-,68-,69+,70+,71-,72+,73+,74-,77?,78-,79+,80-,81-/m1/s1. The summed E-state index contributed by atoms with van der Waals surface area (Å²) in [6, 6.07) is -1.52. The lowest BCUT2D eigenvalue weighted by Gasteiger charge is -2.71. The van der Waals surface area contributed by atoms with Gasteiger partial charge in [-0.3, -0.25) is 9.59 Å². The number of fused-ring (bicyclic) bond motifs is 7. The molecular formula is C81H132NO35. The molecule has 36 heteroatoms. The molecule has 5 aliphatic carbocycles. The monoisotopic (exact) mass is 1680 g/mol. The van der Waals surface area contributed by atoms with E-state index in [-0.39, 0.29) is 31.6 Å². The predicted octanol–water partition coefficient (Wildman–Crippen LogP) is -2.23. The SMILES string of the molecule is CCCCCCCCCCCC(=O)N[C@@H]1C(CO)O[C@H](OC(=O)[C@]23CCC(C)(C)CC2C2=CCC4C5(C)CC[C@H](O[C@@H]6O[CH][C@H](O)[C@H](O[C@@H]7OC[C@H](O)[C@H](O)C7O)C6O[C@@H]6OC(CO)[C@H](O)[C@H](O)C6O)[C@](C)(C=O)[C@@H]5CC[C@]4(C)[C@]2(C)CC3O)[C@H](O[C@H]2OC(C)[C@@H](O[C@H]3OC[C@@H](O)C(O)[C@H]3O)C(O)[C@@H]2O)C1O[C@@H]1OC(C)[C@H](O)[C@@H](O)C1O. The van der Waals surface area contributed by atoms with Crippen molar-refractivity contribution in [3.05, 3.63) is 18.3 Å². The van der Waals surface area contributed by atoms with Gasteiger partial charge >= 0.3 is 5.97 Å².